The molecule has 196 valence electrons. The minimum atomic E-state index is -3.99. The standard InChI is InChI=1S/C26H28FN3O5S2/c1-29(2)37(33,34)30(21-10-6-5-9-20(21)27)16-17-12-14-18(15-13-17)24(31)28-25-23(26(32)35-3)19-8-4-7-11-22(19)36-25/h5-6,9-10,12-15H,4,7-8,11,16H2,1-3H3,(H,28,31). The van der Waals surface area contributed by atoms with Crippen molar-refractivity contribution in [1.82, 2.24) is 4.31 Å². The number of benzene rings is 2. The third-order valence-corrected chi connectivity index (χ3v) is 9.20. The number of halogens is 1. The molecule has 0 aliphatic heterocycles. The van der Waals surface area contributed by atoms with Crippen LogP contribution in [0.3, 0.4) is 0 Å². The van der Waals surface area contributed by atoms with Gasteiger partial charge in [0.15, 0.2) is 0 Å². The second-order valence-corrected chi connectivity index (χ2v) is 12.0. The van der Waals surface area contributed by atoms with Gasteiger partial charge in [-0.15, -0.1) is 11.3 Å². The van der Waals surface area contributed by atoms with Crippen LogP contribution in [0.5, 0.6) is 0 Å². The van der Waals surface area contributed by atoms with Crippen molar-refractivity contribution in [1.29, 1.82) is 0 Å². The van der Waals surface area contributed by atoms with Crippen molar-refractivity contribution in [2.45, 2.75) is 32.2 Å². The summed E-state index contributed by atoms with van der Waals surface area (Å²) < 4.78 is 47.4. The van der Waals surface area contributed by atoms with Crippen molar-refractivity contribution in [3.8, 4) is 0 Å². The molecule has 1 N–H and O–H groups in total. The quantitative estimate of drug-likeness (QED) is 0.417. The van der Waals surface area contributed by atoms with Crippen molar-refractivity contribution in [3.63, 3.8) is 0 Å². The molecule has 0 saturated heterocycles. The molecule has 1 aliphatic carbocycles. The van der Waals surface area contributed by atoms with Gasteiger partial charge in [-0.3, -0.25) is 9.10 Å². The van der Waals surface area contributed by atoms with Crippen LogP contribution in [0.15, 0.2) is 48.5 Å². The van der Waals surface area contributed by atoms with Crippen molar-refractivity contribution in [2.75, 3.05) is 30.8 Å². The van der Waals surface area contributed by atoms with E-state index in [1.165, 1.54) is 50.7 Å². The van der Waals surface area contributed by atoms with Crippen LogP contribution in [-0.2, 0) is 34.3 Å². The number of hydrogen-bond acceptors (Lipinski definition) is 6. The molecule has 37 heavy (non-hydrogen) atoms. The van der Waals surface area contributed by atoms with Gasteiger partial charge in [-0.2, -0.15) is 12.7 Å². The molecule has 0 bridgehead atoms. The number of esters is 1. The Morgan fingerprint density at radius 3 is 2.38 bits per heavy atom. The highest BCUT2D eigenvalue weighted by atomic mass is 32.2. The van der Waals surface area contributed by atoms with E-state index in [9.17, 15) is 22.4 Å². The summed E-state index contributed by atoms with van der Waals surface area (Å²) in [6.45, 7) is -0.131. The number of para-hydroxylation sites is 1. The van der Waals surface area contributed by atoms with Crippen LogP contribution in [0.4, 0.5) is 15.1 Å². The Balaban J connectivity index is 1.57. The Hall–Kier alpha value is -3.28. The zero-order valence-electron chi connectivity index (χ0n) is 20.8. The van der Waals surface area contributed by atoms with E-state index in [1.807, 2.05) is 0 Å². The normalized spacial score (nSPS) is 13.2. The number of anilines is 2. The monoisotopic (exact) mass is 545 g/mol. The Morgan fingerprint density at radius 1 is 1.05 bits per heavy atom. The van der Waals surface area contributed by atoms with Gasteiger partial charge < -0.3 is 10.1 Å². The van der Waals surface area contributed by atoms with E-state index in [-0.39, 0.29) is 12.2 Å². The number of nitrogens with zero attached hydrogens (tertiary/aromatic N) is 2. The Morgan fingerprint density at radius 2 is 1.73 bits per heavy atom. The Bertz CT molecular complexity index is 1420. The largest absolute Gasteiger partial charge is 0.465 e. The van der Waals surface area contributed by atoms with Gasteiger partial charge in [-0.25, -0.2) is 9.18 Å². The summed E-state index contributed by atoms with van der Waals surface area (Å²) in [6.07, 6.45) is 3.66. The first-order chi connectivity index (χ1) is 17.6. The lowest BCUT2D eigenvalue weighted by Gasteiger charge is -2.27. The molecular formula is C26H28FN3O5S2. The lowest BCUT2D eigenvalue weighted by atomic mass is 9.95. The number of amides is 1. The van der Waals surface area contributed by atoms with E-state index in [0.29, 0.717) is 21.7 Å². The van der Waals surface area contributed by atoms with Crippen molar-refractivity contribution < 1.29 is 27.1 Å². The first kappa shape index (κ1) is 26.8. The Kier molecular flexibility index (Phi) is 7.96. The smallest absolute Gasteiger partial charge is 0.341 e. The SMILES string of the molecule is COC(=O)c1c(NC(=O)c2ccc(CN(c3ccccc3F)S(=O)(=O)N(C)C)cc2)sc2c1CCCC2. The summed E-state index contributed by atoms with van der Waals surface area (Å²) in [5.74, 6) is -1.54. The van der Waals surface area contributed by atoms with Gasteiger partial charge in [-0.05, 0) is 61.1 Å². The van der Waals surface area contributed by atoms with Crippen LogP contribution < -0.4 is 9.62 Å². The van der Waals surface area contributed by atoms with Crippen molar-refractivity contribution in [3.05, 3.63) is 81.5 Å². The number of rotatable bonds is 8. The molecule has 0 radical (unpaired) electrons. The molecule has 11 heteroatoms. The number of ether oxygens (including phenoxy) is 1. The van der Waals surface area contributed by atoms with E-state index < -0.39 is 27.9 Å². The van der Waals surface area contributed by atoms with Crippen LogP contribution in [0.1, 0.15) is 49.6 Å². The number of carbonyl (C=O) groups is 2. The number of methoxy groups -OCH3 is 1. The van der Waals surface area contributed by atoms with Crippen LogP contribution in [0.2, 0.25) is 0 Å². The average Bonchev–Trinajstić information content (AvgIpc) is 3.25. The zero-order chi connectivity index (χ0) is 26.7. The fraction of sp³-hybridized carbons (Fsp3) is 0.308. The highest BCUT2D eigenvalue weighted by molar-refractivity contribution is 7.90. The number of thiophene rings is 1. The van der Waals surface area contributed by atoms with Crippen molar-refractivity contribution in [2.24, 2.45) is 0 Å². The van der Waals surface area contributed by atoms with E-state index in [1.54, 1.807) is 30.3 Å². The minimum Gasteiger partial charge on any atom is -0.465 e. The molecule has 0 atom stereocenters. The molecule has 0 saturated carbocycles. The topological polar surface area (TPSA) is 96.0 Å². The van der Waals surface area contributed by atoms with Gasteiger partial charge in [-0.1, -0.05) is 24.3 Å². The molecule has 2 aromatic carbocycles. The Labute approximate surface area is 219 Å². The number of hydrogen-bond donors (Lipinski definition) is 1. The van der Waals surface area contributed by atoms with E-state index in [2.05, 4.69) is 5.32 Å². The number of nitrogens with one attached hydrogen (secondary N) is 1. The maximum absolute atomic E-state index is 14.5. The van der Waals surface area contributed by atoms with E-state index in [0.717, 1.165) is 44.7 Å². The molecule has 0 spiro atoms. The summed E-state index contributed by atoms with van der Waals surface area (Å²) in [4.78, 5) is 26.6. The van der Waals surface area contributed by atoms with Gasteiger partial charge >= 0.3 is 16.2 Å². The first-order valence-corrected chi connectivity index (χ1v) is 13.9. The summed E-state index contributed by atoms with van der Waals surface area (Å²) >= 11 is 1.40. The van der Waals surface area contributed by atoms with Gasteiger partial charge in [0.1, 0.15) is 10.8 Å². The second kappa shape index (κ2) is 11.0. The molecule has 0 unspecified atom stereocenters. The number of fused-ring (bicyclic) bond motifs is 1. The molecule has 4 rings (SSSR count). The molecular weight excluding hydrogens is 517 g/mol. The summed E-state index contributed by atoms with van der Waals surface area (Å²) in [5.41, 5.74) is 2.19. The fourth-order valence-electron chi connectivity index (χ4n) is 4.22. The lowest BCUT2D eigenvalue weighted by molar-refractivity contribution is 0.0601. The molecule has 8 nitrogen and oxygen atoms in total. The third-order valence-electron chi connectivity index (χ3n) is 6.19. The molecule has 3 aromatic rings. The lowest BCUT2D eigenvalue weighted by Crippen LogP contribution is -2.40. The van der Waals surface area contributed by atoms with Crippen LogP contribution in [0, 0.1) is 5.82 Å². The molecule has 1 amide bonds. The summed E-state index contributed by atoms with van der Waals surface area (Å²) in [6, 6.07) is 12.0. The molecule has 0 fully saturated rings. The molecule has 1 heterocycles. The maximum atomic E-state index is 14.5. The van der Waals surface area contributed by atoms with Gasteiger partial charge in [0.25, 0.3) is 5.91 Å². The average molecular weight is 546 g/mol. The number of aryl methyl sites for hydroxylation is 1. The molecule has 1 aliphatic rings. The maximum Gasteiger partial charge on any atom is 0.341 e. The molecule has 1 aromatic heterocycles. The van der Waals surface area contributed by atoms with E-state index >= 15 is 0 Å². The predicted octanol–water partition coefficient (Wildman–Crippen LogP) is 4.62. The number of carbonyl (C=O) groups excluding carboxylic acids is 2. The second-order valence-electron chi connectivity index (χ2n) is 8.81. The third kappa shape index (κ3) is 5.53. The van der Waals surface area contributed by atoms with Crippen LogP contribution >= 0.6 is 11.3 Å². The zero-order valence-corrected chi connectivity index (χ0v) is 22.4. The van der Waals surface area contributed by atoms with E-state index in [4.69, 9.17) is 4.74 Å². The van der Waals surface area contributed by atoms with Gasteiger partial charge in [0.2, 0.25) is 0 Å². The summed E-state index contributed by atoms with van der Waals surface area (Å²) in [5, 5.41) is 3.32. The fourth-order valence-corrected chi connectivity index (χ4v) is 6.59. The van der Waals surface area contributed by atoms with Gasteiger partial charge in [0.05, 0.1) is 24.9 Å². The highest BCUT2D eigenvalue weighted by Gasteiger charge is 2.29. The minimum absolute atomic E-state index is 0.0741. The predicted molar refractivity (Wildman–Crippen MR) is 142 cm³/mol. The summed E-state index contributed by atoms with van der Waals surface area (Å²) in [7, 11) is 0.0811. The van der Waals surface area contributed by atoms with Gasteiger partial charge in [0, 0.05) is 24.5 Å². The van der Waals surface area contributed by atoms with Crippen molar-refractivity contribution >= 4 is 44.1 Å². The highest BCUT2D eigenvalue weighted by Crippen LogP contribution is 2.38. The first-order valence-electron chi connectivity index (χ1n) is 11.7. The van der Waals surface area contributed by atoms with Crippen LogP contribution in [-0.4, -0.2) is 45.8 Å². The van der Waals surface area contributed by atoms with Crippen LogP contribution in [0.25, 0.3) is 0 Å².